The molecular weight excluding hydrogens is 430 g/mol. The second kappa shape index (κ2) is 7.95. The average molecular weight is 452 g/mol. The standard InChI is InChI=1S/C23H22BrN3O2/c1-13-6-11-19(25-12-13)27-23(29)20-14(2)26-17-4-3-5-18(28)22(17)21(20)15-7-9-16(24)10-8-15/h6-12,21,26H,3-5H2,1-2H3,(H,25,27,29)/t21-/m0/s1. The number of pyridine rings is 1. The van der Waals surface area contributed by atoms with Crippen molar-refractivity contribution in [2.45, 2.75) is 39.0 Å². The topological polar surface area (TPSA) is 71.1 Å². The summed E-state index contributed by atoms with van der Waals surface area (Å²) in [6.45, 7) is 3.84. The van der Waals surface area contributed by atoms with Crippen LogP contribution in [-0.2, 0) is 9.59 Å². The lowest BCUT2D eigenvalue weighted by molar-refractivity contribution is -0.116. The highest BCUT2D eigenvalue weighted by atomic mass is 79.9. The zero-order valence-electron chi connectivity index (χ0n) is 16.4. The summed E-state index contributed by atoms with van der Waals surface area (Å²) in [5.41, 5.74) is 4.94. The van der Waals surface area contributed by atoms with Gasteiger partial charge in [-0.1, -0.05) is 34.1 Å². The molecule has 0 saturated carbocycles. The van der Waals surface area contributed by atoms with Gasteiger partial charge in [0, 0.05) is 45.5 Å². The lowest BCUT2D eigenvalue weighted by Crippen LogP contribution is -2.35. The van der Waals surface area contributed by atoms with E-state index in [4.69, 9.17) is 0 Å². The summed E-state index contributed by atoms with van der Waals surface area (Å²) in [6.07, 6.45) is 3.88. The molecule has 148 valence electrons. The number of halogens is 1. The number of aromatic nitrogens is 1. The number of rotatable bonds is 3. The van der Waals surface area contributed by atoms with Crippen molar-refractivity contribution < 1.29 is 9.59 Å². The highest BCUT2D eigenvalue weighted by molar-refractivity contribution is 9.10. The number of carbonyl (C=O) groups is 2. The van der Waals surface area contributed by atoms with Gasteiger partial charge >= 0.3 is 0 Å². The van der Waals surface area contributed by atoms with Crippen LogP contribution in [0.25, 0.3) is 0 Å². The molecule has 1 atom stereocenters. The lowest BCUT2D eigenvalue weighted by Gasteiger charge is -2.34. The maximum atomic E-state index is 13.3. The van der Waals surface area contributed by atoms with E-state index in [1.165, 1.54) is 0 Å². The van der Waals surface area contributed by atoms with Crippen LogP contribution in [0.5, 0.6) is 0 Å². The maximum absolute atomic E-state index is 13.3. The van der Waals surface area contributed by atoms with Crippen LogP contribution in [-0.4, -0.2) is 16.7 Å². The Morgan fingerprint density at radius 1 is 1.14 bits per heavy atom. The van der Waals surface area contributed by atoms with Crippen molar-refractivity contribution in [2.24, 2.45) is 0 Å². The first kappa shape index (κ1) is 19.6. The first-order valence-electron chi connectivity index (χ1n) is 9.67. The van der Waals surface area contributed by atoms with Crippen molar-refractivity contribution in [3.8, 4) is 0 Å². The summed E-state index contributed by atoms with van der Waals surface area (Å²) in [7, 11) is 0. The molecule has 0 radical (unpaired) electrons. The van der Waals surface area contributed by atoms with E-state index in [1.807, 2.05) is 44.2 Å². The fraction of sp³-hybridized carbons (Fsp3) is 0.261. The molecule has 5 nitrogen and oxygen atoms in total. The zero-order chi connectivity index (χ0) is 20.5. The summed E-state index contributed by atoms with van der Waals surface area (Å²) in [5.74, 6) is -0.0371. The number of amides is 1. The molecule has 0 bridgehead atoms. The molecule has 29 heavy (non-hydrogen) atoms. The monoisotopic (exact) mass is 451 g/mol. The molecule has 0 spiro atoms. The number of allylic oxidation sites excluding steroid dienone is 3. The zero-order valence-corrected chi connectivity index (χ0v) is 18.0. The van der Waals surface area contributed by atoms with Crippen LogP contribution in [0.15, 0.2) is 69.6 Å². The number of nitrogens with zero attached hydrogens (tertiary/aromatic N) is 1. The Morgan fingerprint density at radius 2 is 1.90 bits per heavy atom. The molecule has 2 aliphatic rings. The number of Topliss-reactive ketones (excluding diaryl/α,β-unsaturated/α-hetero) is 1. The second-order valence-corrected chi connectivity index (χ2v) is 8.41. The van der Waals surface area contributed by atoms with Gasteiger partial charge in [0.1, 0.15) is 5.82 Å². The molecule has 1 aromatic heterocycles. The Kier molecular flexibility index (Phi) is 5.37. The van der Waals surface area contributed by atoms with Crippen LogP contribution in [0.1, 0.15) is 43.2 Å². The van der Waals surface area contributed by atoms with Gasteiger partial charge in [0.15, 0.2) is 5.78 Å². The van der Waals surface area contributed by atoms with Crippen LogP contribution < -0.4 is 10.6 Å². The van der Waals surface area contributed by atoms with Gasteiger partial charge in [0.25, 0.3) is 5.91 Å². The largest absolute Gasteiger partial charge is 0.362 e. The van der Waals surface area contributed by atoms with Crippen molar-refractivity contribution in [1.29, 1.82) is 0 Å². The van der Waals surface area contributed by atoms with E-state index in [0.717, 1.165) is 39.8 Å². The molecule has 1 aliphatic carbocycles. The summed E-state index contributed by atoms with van der Waals surface area (Å²) in [5, 5.41) is 6.23. The summed E-state index contributed by atoms with van der Waals surface area (Å²) in [4.78, 5) is 30.5. The van der Waals surface area contributed by atoms with Gasteiger partial charge in [-0.15, -0.1) is 0 Å². The molecule has 0 unspecified atom stereocenters. The molecule has 1 aromatic carbocycles. The van der Waals surface area contributed by atoms with Crippen LogP contribution in [0.4, 0.5) is 5.82 Å². The number of hydrogen-bond donors (Lipinski definition) is 2. The van der Waals surface area contributed by atoms with Crippen molar-refractivity contribution in [3.05, 3.63) is 80.7 Å². The summed E-state index contributed by atoms with van der Waals surface area (Å²) < 4.78 is 0.954. The first-order chi connectivity index (χ1) is 13.9. The highest BCUT2D eigenvalue weighted by Crippen LogP contribution is 2.42. The van der Waals surface area contributed by atoms with E-state index >= 15 is 0 Å². The Hall–Kier alpha value is -2.73. The van der Waals surface area contributed by atoms with E-state index < -0.39 is 5.92 Å². The molecule has 2 heterocycles. The molecule has 0 saturated heterocycles. The second-order valence-electron chi connectivity index (χ2n) is 7.49. The van der Waals surface area contributed by atoms with Gasteiger partial charge in [-0.3, -0.25) is 9.59 Å². The van der Waals surface area contributed by atoms with Gasteiger partial charge < -0.3 is 10.6 Å². The number of benzene rings is 1. The average Bonchev–Trinajstić information content (AvgIpc) is 2.69. The number of anilines is 1. The molecule has 4 rings (SSSR count). The number of aryl methyl sites for hydroxylation is 1. The van der Waals surface area contributed by atoms with Crippen LogP contribution >= 0.6 is 15.9 Å². The normalized spacial score (nSPS) is 19.0. The smallest absolute Gasteiger partial charge is 0.255 e. The third-order valence-corrected chi connectivity index (χ3v) is 5.91. The highest BCUT2D eigenvalue weighted by Gasteiger charge is 2.38. The minimum Gasteiger partial charge on any atom is -0.362 e. The summed E-state index contributed by atoms with van der Waals surface area (Å²) in [6, 6.07) is 11.5. The maximum Gasteiger partial charge on any atom is 0.255 e. The van der Waals surface area contributed by atoms with E-state index in [9.17, 15) is 9.59 Å². The third kappa shape index (κ3) is 3.90. The minimum atomic E-state index is -0.391. The van der Waals surface area contributed by atoms with Crippen molar-refractivity contribution in [2.75, 3.05) is 5.32 Å². The van der Waals surface area contributed by atoms with Crippen LogP contribution in [0.3, 0.4) is 0 Å². The Labute approximate surface area is 178 Å². The lowest BCUT2D eigenvalue weighted by atomic mass is 9.75. The van der Waals surface area contributed by atoms with E-state index in [1.54, 1.807) is 12.3 Å². The molecule has 6 heteroatoms. The number of carbonyl (C=O) groups excluding carboxylic acids is 2. The molecule has 0 fully saturated rings. The van der Waals surface area contributed by atoms with Gasteiger partial charge in [-0.2, -0.15) is 0 Å². The van der Waals surface area contributed by atoms with Gasteiger partial charge in [0.05, 0.1) is 0 Å². The van der Waals surface area contributed by atoms with Gasteiger partial charge in [-0.25, -0.2) is 4.98 Å². The molecule has 1 aliphatic heterocycles. The van der Waals surface area contributed by atoms with Crippen molar-refractivity contribution in [3.63, 3.8) is 0 Å². The van der Waals surface area contributed by atoms with E-state index in [2.05, 4.69) is 31.5 Å². The van der Waals surface area contributed by atoms with E-state index in [0.29, 0.717) is 23.4 Å². The molecule has 2 N–H and O–H groups in total. The summed E-state index contributed by atoms with van der Waals surface area (Å²) >= 11 is 3.47. The first-order valence-corrected chi connectivity index (χ1v) is 10.5. The Balaban J connectivity index is 1.77. The fourth-order valence-electron chi connectivity index (χ4n) is 4.00. The fourth-order valence-corrected chi connectivity index (χ4v) is 4.26. The predicted octanol–water partition coefficient (Wildman–Crippen LogP) is 4.76. The number of ketones is 1. The minimum absolute atomic E-state index is 0.109. The van der Waals surface area contributed by atoms with E-state index in [-0.39, 0.29) is 11.7 Å². The SMILES string of the molecule is CC1=C(C(=O)Nc2ccc(C)cn2)[C@H](c2ccc(Br)cc2)C2=C(CCCC2=O)N1. The Bertz CT molecular complexity index is 1040. The van der Waals surface area contributed by atoms with Crippen LogP contribution in [0.2, 0.25) is 0 Å². The predicted molar refractivity (Wildman–Crippen MR) is 116 cm³/mol. The number of hydrogen-bond acceptors (Lipinski definition) is 4. The van der Waals surface area contributed by atoms with Crippen molar-refractivity contribution in [1.82, 2.24) is 10.3 Å². The third-order valence-electron chi connectivity index (χ3n) is 5.38. The van der Waals surface area contributed by atoms with Gasteiger partial charge in [0.2, 0.25) is 0 Å². The van der Waals surface area contributed by atoms with Gasteiger partial charge in [-0.05, 0) is 56.0 Å². The molecular formula is C23H22BrN3O2. The molecule has 2 aromatic rings. The quantitative estimate of drug-likeness (QED) is 0.705. The van der Waals surface area contributed by atoms with Crippen molar-refractivity contribution >= 4 is 33.4 Å². The van der Waals surface area contributed by atoms with Crippen LogP contribution in [0, 0.1) is 6.92 Å². The number of dihydropyridines is 1. The molecule has 1 amide bonds. The Morgan fingerprint density at radius 3 is 2.59 bits per heavy atom. The number of nitrogens with one attached hydrogen (secondary N) is 2.